The van der Waals surface area contributed by atoms with Crippen LogP contribution >= 0.6 is 0 Å². The lowest BCUT2D eigenvalue weighted by Crippen LogP contribution is -2.12. The van der Waals surface area contributed by atoms with Crippen LogP contribution in [-0.4, -0.2) is 8.42 Å². The quantitative estimate of drug-likeness (QED) is 0.269. The zero-order valence-electron chi connectivity index (χ0n) is 18.6. The minimum atomic E-state index is -3.94. The third-order valence-corrected chi connectivity index (χ3v) is 7.48. The van der Waals surface area contributed by atoms with Crippen LogP contribution in [0.1, 0.15) is 29.2 Å². The van der Waals surface area contributed by atoms with Gasteiger partial charge in [-0.1, -0.05) is 78.9 Å². The Kier molecular flexibility index (Phi) is 5.39. The molecule has 5 rings (SSSR count). The number of hydrogen-bond donors (Lipinski definition) is 0. The van der Waals surface area contributed by atoms with Gasteiger partial charge in [0.2, 0.25) is 0 Å². The summed E-state index contributed by atoms with van der Waals surface area (Å²) in [5.74, 6) is 0.316. The fraction of sp³-hybridized carbons (Fsp3) is 0.103. The van der Waals surface area contributed by atoms with Crippen LogP contribution in [0.4, 0.5) is 0 Å². The average molecular weight is 453 g/mol. The van der Waals surface area contributed by atoms with Gasteiger partial charge in [0, 0.05) is 5.56 Å². The molecule has 0 bridgehead atoms. The van der Waals surface area contributed by atoms with Crippen LogP contribution in [0.2, 0.25) is 0 Å². The molecule has 164 valence electrons. The van der Waals surface area contributed by atoms with Crippen molar-refractivity contribution in [2.75, 3.05) is 0 Å². The molecule has 0 spiro atoms. The molecule has 0 atom stereocenters. The van der Waals surface area contributed by atoms with E-state index in [-0.39, 0.29) is 4.90 Å². The summed E-state index contributed by atoms with van der Waals surface area (Å²) in [5, 5.41) is 0. The Balaban J connectivity index is 1.56. The molecule has 0 N–H and O–H groups in total. The molecule has 4 heteroatoms. The van der Waals surface area contributed by atoms with Crippen molar-refractivity contribution in [3.8, 4) is 28.0 Å². The molecule has 0 aromatic heterocycles. The molecular weight excluding hydrogens is 428 g/mol. The Hall–Kier alpha value is -3.63. The van der Waals surface area contributed by atoms with Crippen LogP contribution in [0.3, 0.4) is 0 Å². The summed E-state index contributed by atoms with van der Waals surface area (Å²) >= 11 is 0. The van der Waals surface area contributed by atoms with Gasteiger partial charge in [-0.05, 0) is 77.4 Å². The van der Waals surface area contributed by atoms with Crippen LogP contribution in [0.5, 0.6) is 5.75 Å². The van der Waals surface area contributed by atoms with Gasteiger partial charge < -0.3 is 4.18 Å². The lowest BCUT2D eigenvalue weighted by Gasteiger charge is -2.14. The fourth-order valence-corrected chi connectivity index (χ4v) is 5.72. The summed E-state index contributed by atoms with van der Waals surface area (Å²) in [6.45, 7) is 3.67. The van der Waals surface area contributed by atoms with Crippen LogP contribution in [0, 0.1) is 6.92 Å². The first kappa shape index (κ1) is 21.2. The fourth-order valence-electron chi connectivity index (χ4n) is 4.53. The van der Waals surface area contributed by atoms with E-state index >= 15 is 0 Å². The standard InChI is InChI=1S/C29H24O3S/c1-3-9-23-18-22(16-17-28(23)32-33(30,31)29-15-7-4-10-20(29)2)25-13-8-14-26-24-12-6-5-11-21(24)19-27(25)26/h3-18H,19H2,1-2H3. The first-order valence-corrected chi connectivity index (χ1v) is 12.4. The molecular formula is C29H24O3S. The van der Waals surface area contributed by atoms with Gasteiger partial charge >= 0.3 is 10.1 Å². The van der Waals surface area contributed by atoms with Gasteiger partial charge in [0.15, 0.2) is 0 Å². The molecule has 33 heavy (non-hydrogen) atoms. The third kappa shape index (κ3) is 3.87. The van der Waals surface area contributed by atoms with E-state index in [4.69, 9.17) is 4.18 Å². The smallest absolute Gasteiger partial charge is 0.339 e. The summed E-state index contributed by atoms with van der Waals surface area (Å²) in [6.07, 6.45) is 4.66. The highest BCUT2D eigenvalue weighted by atomic mass is 32.2. The molecule has 1 aliphatic carbocycles. The first-order valence-electron chi connectivity index (χ1n) is 11.0. The van der Waals surface area contributed by atoms with E-state index in [1.54, 1.807) is 31.2 Å². The van der Waals surface area contributed by atoms with Crippen LogP contribution in [-0.2, 0) is 16.5 Å². The normalized spacial score (nSPS) is 12.5. The van der Waals surface area contributed by atoms with E-state index in [2.05, 4.69) is 42.5 Å². The second-order valence-electron chi connectivity index (χ2n) is 8.22. The van der Waals surface area contributed by atoms with Crippen molar-refractivity contribution in [3.63, 3.8) is 0 Å². The Labute approximate surface area is 195 Å². The van der Waals surface area contributed by atoms with Crippen molar-refractivity contribution in [2.24, 2.45) is 0 Å². The number of fused-ring (bicyclic) bond motifs is 3. The van der Waals surface area contributed by atoms with Gasteiger partial charge in [0.1, 0.15) is 10.6 Å². The zero-order valence-corrected chi connectivity index (χ0v) is 19.4. The van der Waals surface area contributed by atoms with E-state index in [1.165, 1.54) is 22.3 Å². The van der Waals surface area contributed by atoms with Gasteiger partial charge in [-0.25, -0.2) is 0 Å². The summed E-state index contributed by atoms with van der Waals surface area (Å²) in [5.41, 5.74) is 8.74. The van der Waals surface area contributed by atoms with Gasteiger partial charge in [-0.15, -0.1) is 0 Å². The van der Waals surface area contributed by atoms with Crippen molar-refractivity contribution < 1.29 is 12.6 Å². The molecule has 0 radical (unpaired) electrons. The summed E-state index contributed by atoms with van der Waals surface area (Å²) < 4.78 is 31.5. The molecule has 0 saturated heterocycles. The highest BCUT2D eigenvalue weighted by molar-refractivity contribution is 7.87. The summed E-state index contributed by atoms with van der Waals surface area (Å²) in [7, 11) is -3.94. The highest BCUT2D eigenvalue weighted by Gasteiger charge is 2.23. The molecule has 4 aromatic rings. The molecule has 0 unspecified atom stereocenters. The molecule has 0 fully saturated rings. The predicted molar refractivity (Wildman–Crippen MR) is 134 cm³/mol. The van der Waals surface area contributed by atoms with E-state index in [0.717, 1.165) is 23.1 Å². The van der Waals surface area contributed by atoms with Crippen LogP contribution in [0.25, 0.3) is 28.3 Å². The number of aryl methyl sites for hydroxylation is 1. The Morgan fingerprint density at radius 2 is 1.55 bits per heavy atom. The molecule has 0 amide bonds. The Morgan fingerprint density at radius 1 is 0.818 bits per heavy atom. The second kappa shape index (κ2) is 8.38. The van der Waals surface area contributed by atoms with Crippen molar-refractivity contribution in [1.29, 1.82) is 0 Å². The lowest BCUT2D eigenvalue weighted by atomic mass is 9.94. The number of rotatable bonds is 5. The van der Waals surface area contributed by atoms with Crippen molar-refractivity contribution in [1.82, 2.24) is 0 Å². The largest absolute Gasteiger partial charge is 0.378 e. The summed E-state index contributed by atoms with van der Waals surface area (Å²) in [6, 6.07) is 27.4. The highest BCUT2D eigenvalue weighted by Crippen LogP contribution is 2.42. The molecule has 0 heterocycles. The first-order chi connectivity index (χ1) is 16.0. The number of allylic oxidation sites excluding steroid dienone is 1. The van der Waals surface area contributed by atoms with Gasteiger partial charge in [-0.3, -0.25) is 0 Å². The molecule has 0 saturated carbocycles. The topological polar surface area (TPSA) is 43.4 Å². The van der Waals surface area contributed by atoms with Gasteiger partial charge in [0.25, 0.3) is 0 Å². The minimum Gasteiger partial charge on any atom is -0.378 e. The van der Waals surface area contributed by atoms with E-state index in [9.17, 15) is 8.42 Å². The maximum absolute atomic E-state index is 13.0. The van der Waals surface area contributed by atoms with Crippen molar-refractivity contribution in [2.45, 2.75) is 25.2 Å². The van der Waals surface area contributed by atoms with Crippen molar-refractivity contribution >= 4 is 16.2 Å². The Morgan fingerprint density at radius 3 is 2.36 bits per heavy atom. The van der Waals surface area contributed by atoms with Gasteiger partial charge in [0.05, 0.1) is 0 Å². The van der Waals surface area contributed by atoms with E-state index < -0.39 is 10.1 Å². The molecule has 1 aliphatic rings. The van der Waals surface area contributed by atoms with Crippen LogP contribution in [0.15, 0.2) is 95.9 Å². The molecule has 3 nitrogen and oxygen atoms in total. The maximum atomic E-state index is 13.0. The summed E-state index contributed by atoms with van der Waals surface area (Å²) in [4.78, 5) is 0.180. The average Bonchev–Trinajstić information content (AvgIpc) is 3.19. The monoisotopic (exact) mass is 452 g/mol. The predicted octanol–water partition coefficient (Wildman–Crippen LogP) is 7.03. The van der Waals surface area contributed by atoms with Gasteiger partial charge in [-0.2, -0.15) is 8.42 Å². The van der Waals surface area contributed by atoms with E-state index in [1.807, 2.05) is 37.3 Å². The lowest BCUT2D eigenvalue weighted by molar-refractivity contribution is 0.485. The Bertz CT molecular complexity index is 1500. The zero-order chi connectivity index (χ0) is 23.0. The second-order valence-corrected chi connectivity index (χ2v) is 9.74. The van der Waals surface area contributed by atoms with Crippen molar-refractivity contribution in [3.05, 3.63) is 113 Å². The maximum Gasteiger partial charge on any atom is 0.339 e. The molecule has 4 aromatic carbocycles. The third-order valence-electron chi connectivity index (χ3n) is 6.08. The number of benzene rings is 4. The molecule has 0 aliphatic heterocycles. The van der Waals surface area contributed by atoms with E-state index in [0.29, 0.717) is 11.3 Å². The minimum absolute atomic E-state index is 0.180. The van der Waals surface area contributed by atoms with Crippen LogP contribution < -0.4 is 4.18 Å². The SMILES string of the molecule is CC=Cc1cc(-c2cccc3c2Cc2ccccc2-3)ccc1OS(=O)(=O)c1ccccc1C. The number of hydrogen-bond acceptors (Lipinski definition) is 3.